The Labute approximate surface area is 99.5 Å². The molecule has 0 saturated carbocycles. The summed E-state index contributed by atoms with van der Waals surface area (Å²) >= 11 is 0. The molecule has 5 nitrogen and oxygen atoms in total. The third-order valence-electron chi connectivity index (χ3n) is 2.41. The number of carbonyl (C=O) groups is 1. The average molecular weight is 237 g/mol. The van der Waals surface area contributed by atoms with E-state index >= 15 is 0 Å². The van der Waals surface area contributed by atoms with Crippen molar-refractivity contribution < 1.29 is 14.5 Å². The van der Waals surface area contributed by atoms with Crippen LogP contribution in [0, 0.1) is 10.1 Å². The fraction of sp³-hybridized carbons (Fsp3) is 0.417. The van der Waals surface area contributed by atoms with Gasteiger partial charge in [-0.15, -0.1) is 0 Å². The third kappa shape index (κ3) is 2.81. The summed E-state index contributed by atoms with van der Waals surface area (Å²) in [5.41, 5.74) is 0.649. The molecule has 1 aromatic rings. The fourth-order valence-electron chi connectivity index (χ4n) is 1.74. The predicted octanol–water partition coefficient (Wildman–Crippen LogP) is 2.76. The lowest BCUT2D eigenvalue weighted by molar-refractivity contribution is -0.385. The van der Waals surface area contributed by atoms with Crippen LogP contribution in [-0.4, -0.2) is 17.3 Å². The molecule has 1 aromatic carbocycles. The molecule has 92 valence electrons. The minimum absolute atomic E-state index is 0.180. The molecule has 0 aliphatic carbocycles. The van der Waals surface area contributed by atoms with E-state index in [1.807, 2.05) is 6.92 Å². The van der Waals surface area contributed by atoms with Crippen molar-refractivity contribution in [3.63, 3.8) is 0 Å². The summed E-state index contributed by atoms with van der Waals surface area (Å²) in [5, 5.41) is 10.9. The molecular formula is C12H15NO4. The monoisotopic (exact) mass is 237 g/mol. The van der Waals surface area contributed by atoms with Gasteiger partial charge in [0, 0.05) is 0 Å². The second-order valence-corrected chi connectivity index (χ2v) is 3.58. The second kappa shape index (κ2) is 5.43. The number of aryl methyl sites for hydroxylation is 1. The van der Waals surface area contributed by atoms with E-state index in [1.54, 1.807) is 13.0 Å². The minimum Gasteiger partial charge on any atom is -0.494 e. The topological polar surface area (TPSA) is 69.4 Å². The first-order chi connectivity index (χ1) is 8.01. The lowest BCUT2D eigenvalue weighted by Crippen LogP contribution is -2.06. The predicted molar refractivity (Wildman–Crippen MR) is 63.6 cm³/mol. The standard InChI is InChI=1S/C12H15NO4/c1-4-9-6-10(17-5-2)7-11(13(15)16)12(9)8(3)14/h6-7H,4-5H2,1-3H3. The molecule has 0 aliphatic heterocycles. The maximum Gasteiger partial charge on any atom is 0.284 e. The first-order valence-electron chi connectivity index (χ1n) is 5.46. The molecule has 0 saturated heterocycles. The zero-order chi connectivity index (χ0) is 13.0. The normalized spacial score (nSPS) is 10.1. The van der Waals surface area contributed by atoms with Gasteiger partial charge in [-0.05, 0) is 31.9 Å². The van der Waals surface area contributed by atoms with Gasteiger partial charge in [-0.2, -0.15) is 0 Å². The van der Waals surface area contributed by atoms with Gasteiger partial charge < -0.3 is 4.74 Å². The molecule has 0 atom stereocenters. The van der Waals surface area contributed by atoms with E-state index in [1.165, 1.54) is 13.0 Å². The summed E-state index contributed by atoms with van der Waals surface area (Å²) < 4.78 is 5.26. The summed E-state index contributed by atoms with van der Waals surface area (Å²) in [5.74, 6) is 0.137. The summed E-state index contributed by atoms with van der Waals surface area (Å²) in [6.07, 6.45) is 0.552. The van der Waals surface area contributed by atoms with E-state index in [-0.39, 0.29) is 17.0 Å². The Morgan fingerprint density at radius 3 is 2.47 bits per heavy atom. The number of rotatable bonds is 5. The van der Waals surface area contributed by atoms with E-state index in [2.05, 4.69) is 0 Å². The van der Waals surface area contributed by atoms with Crippen LogP contribution in [0.4, 0.5) is 5.69 Å². The molecule has 0 spiro atoms. The molecular weight excluding hydrogens is 222 g/mol. The molecule has 5 heteroatoms. The van der Waals surface area contributed by atoms with Crippen molar-refractivity contribution in [3.8, 4) is 5.75 Å². The van der Waals surface area contributed by atoms with Gasteiger partial charge in [0.05, 0.1) is 23.2 Å². The average Bonchev–Trinajstić information content (AvgIpc) is 2.27. The van der Waals surface area contributed by atoms with Crippen LogP contribution >= 0.6 is 0 Å². The molecule has 0 amide bonds. The van der Waals surface area contributed by atoms with Crippen LogP contribution in [0.15, 0.2) is 12.1 Å². The third-order valence-corrected chi connectivity index (χ3v) is 2.41. The molecule has 0 radical (unpaired) electrons. The Morgan fingerprint density at radius 1 is 1.41 bits per heavy atom. The van der Waals surface area contributed by atoms with Gasteiger partial charge >= 0.3 is 0 Å². The summed E-state index contributed by atoms with van der Waals surface area (Å²) in [6.45, 7) is 5.42. The first-order valence-corrected chi connectivity index (χ1v) is 5.46. The maximum absolute atomic E-state index is 11.5. The molecule has 0 fully saturated rings. The van der Waals surface area contributed by atoms with Gasteiger partial charge in [-0.25, -0.2) is 0 Å². The number of nitrogens with zero attached hydrogens (tertiary/aromatic N) is 1. The van der Waals surface area contributed by atoms with Crippen LogP contribution in [-0.2, 0) is 6.42 Å². The largest absolute Gasteiger partial charge is 0.494 e. The zero-order valence-corrected chi connectivity index (χ0v) is 10.1. The SMILES string of the molecule is CCOc1cc(CC)c(C(C)=O)c([N+](=O)[O-])c1. The number of hydrogen-bond donors (Lipinski definition) is 0. The Morgan fingerprint density at radius 2 is 2.06 bits per heavy atom. The van der Waals surface area contributed by atoms with Crippen molar-refractivity contribution >= 4 is 11.5 Å². The number of nitro benzene ring substituents is 1. The highest BCUT2D eigenvalue weighted by atomic mass is 16.6. The number of nitro groups is 1. The first kappa shape index (κ1) is 13.2. The minimum atomic E-state index is -0.543. The summed E-state index contributed by atoms with van der Waals surface area (Å²) in [7, 11) is 0. The van der Waals surface area contributed by atoms with Crippen molar-refractivity contribution in [2.24, 2.45) is 0 Å². The highest BCUT2D eigenvalue weighted by Crippen LogP contribution is 2.29. The van der Waals surface area contributed by atoms with E-state index in [0.29, 0.717) is 24.3 Å². The van der Waals surface area contributed by atoms with Crippen LogP contribution in [0.1, 0.15) is 36.7 Å². The van der Waals surface area contributed by atoms with Gasteiger partial charge in [0.25, 0.3) is 5.69 Å². The Kier molecular flexibility index (Phi) is 4.20. The second-order valence-electron chi connectivity index (χ2n) is 3.58. The summed E-state index contributed by atoms with van der Waals surface area (Å²) in [4.78, 5) is 21.9. The molecule has 0 heterocycles. The number of benzene rings is 1. The number of ketones is 1. The van der Waals surface area contributed by atoms with E-state index in [4.69, 9.17) is 4.74 Å². The van der Waals surface area contributed by atoms with Crippen molar-refractivity contribution in [2.45, 2.75) is 27.2 Å². The van der Waals surface area contributed by atoms with Crippen molar-refractivity contribution in [3.05, 3.63) is 33.4 Å². The number of hydrogen-bond acceptors (Lipinski definition) is 4. The Bertz CT molecular complexity index is 454. The summed E-state index contributed by atoms with van der Waals surface area (Å²) in [6, 6.07) is 2.99. The van der Waals surface area contributed by atoms with E-state index in [0.717, 1.165) is 0 Å². The molecule has 0 aromatic heterocycles. The number of Topliss-reactive ketones (excluding diaryl/α,β-unsaturated/α-hetero) is 1. The molecule has 0 bridgehead atoms. The smallest absolute Gasteiger partial charge is 0.284 e. The van der Waals surface area contributed by atoms with Crippen molar-refractivity contribution in [1.82, 2.24) is 0 Å². The highest BCUT2D eigenvalue weighted by Gasteiger charge is 2.22. The van der Waals surface area contributed by atoms with Crippen LogP contribution in [0.5, 0.6) is 5.75 Å². The van der Waals surface area contributed by atoms with E-state index in [9.17, 15) is 14.9 Å². The fourth-order valence-corrected chi connectivity index (χ4v) is 1.74. The molecule has 0 unspecified atom stereocenters. The lowest BCUT2D eigenvalue weighted by Gasteiger charge is -2.09. The van der Waals surface area contributed by atoms with Crippen LogP contribution in [0.3, 0.4) is 0 Å². The highest BCUT2D eigenvalue weighted by molar-refractivity contribution is 5.99. The quantitative estimate of drug-likeness (QED) is 0.448. The van der Waals surface area contributed by atoms with Crippen molar-refractivity contribution in [1.29, 1.82) is 0 Å². The zero-order valence-electron chi connectivity index (χ0n) is 10.1. The van der Waals surface area contributed by atoms with Gasteiger partial charge in [-0.3, -0.25) is 14.9 Å². The van der Waals surface area contributed by atoms with E-state index < -0.39 is 4.92 Å². The molecule has 0 N–H and O–H groups in total. The van der Waals surface area contributed by atoms with Crippen LogP contribution in [0.25, 0.3) is 0 Å². The number of ether oxygens (including phenoxy) is 1. The molecule has 17 heavy (non-hydrogen) atoms. The maximum atomic E-state index is 11.5. The van der Waals surface area contributed by atoms with Crippen LogP contribution < -0.4 is 4.74 Å². The van der Waals surface area contributed by atoms with Gasteiger partial charge in [0.1, 0.15) is 5.75 Å². The molecule has 0 aliphatic rings. The van der Waals surface area contributed by atoms with Gasteiger partial charge in [0.15, 0.2) is 5.78 Å². The van der Waals surface area contributed by atoms with Gasteiger partial charge in [0.2, 0.25) is 0 Å². The Balaban J connectivity index is 3.45. The Hall–Kier alpha value is -1.91. The number of carbonyl (C=O) groups excluding carboxylic acids is 1. The lowest BCUT2D eigenvalue weighted by atomic mass is 9.99. The van der Waals surface area contributed by atoms with Crippen LogP contribution in [0.2, 0.25) is 0 Å². The van der Waals surface area contributed by atoms with Gasteiger partial charge in [-0.1, -0.05) is 6.92 Å². The molecule has 1 rings (SSSR count). The van der Waals surface area contributed by atoms with Crippen molar-refractivity contribution in [2.75, 3.05) is 6.61 Å².